The van der Waals surface area contributed by atoms with Crippen LogP contribution in [0.15, 0.2) is 46.2 Å². The molecule has 57 heavy (non-hydrogen) atoms. The van der Waals surface area contributed by atoms with E-state index in [0.717, 1.165) is 37.1 Å². The molecule has 4 rings (SSSR count). The summed E-state index contributed by atoms with van der Waals surface area (Å²) in [5, 5.41) is 13.2. The van der Waals surface area contributed by atoms with Crippen molar-refractivity contribution in [2.45, 2.75) is 216 Å². The summed E-state index contributed by atoms with van der Waals surface area (Å²) in [7, 11) is -8.80. The molecule has 4 N–H and O–H groups in total. The van der Waals surface area contributed by atoms with Crippen LogP contribution in [-0.4, -0.2) is 76.0 Å². The van der Waals surface area contributed by atoms with E-state index in [1.165, 1.54) is 178 Å². The Kier molecular flexibility index (Phi) is 27.2. The van der Waals surface area contributed by atoms with Crippen molar-refractivity contribution in [2.24, 2.45) is 0 Å². The van der Waals surface area contributed by atoms with E-state index in [9.17, 15) is 25.9 Å². The number of rotatable bonds is 30. The smallest absolute Gasteiger partial charge is 0.744 e. The molecule has 2 aliphatic heterocycles. The molecule has 0 radical (unpaired) electrons. The second-order valence-corrected chi connectivity index (χ2v) is 18.8. The van der Waals surface area contributed by atoms with Crippen molar-refractivity contribution in [1.29, 1.82) is 0 Å². The van der Waals surface area contributed by atoms with Gasteiger partial charge in [0.2, 0.25) is 0 Å². The van der Waals surface area contributed by atoms with Gasteiger partial charge >= 0.3 is 37.7 Å². The number of nitrogens with one attached hydrogen (secondary N) is 4. The van der Waals surface area contributed by atoms with E-state index >= 15 is 0 Å². The molecular weight excluding hydrogens is 785 g/mol. The van der Waals surface area contributed by atoms with Crippen molar-refractivity contribution in [3.63, 3.8) is 0 Å². The van der Waals surface area contributed by atoms with Gasteiger partial charge in [-0.2, -0.15) is 0 Å². The Morgan fingerprint density at radius 1 is 0.404 bits per heavy atom. The zero-order chi connectivity index (χ0) is 40.5. The molecule has 2 unspecified atom stereocenters. The van der Waals surface area contributed by atoms with Gasteiger partial charge in [0.15, 0.2) is 0 Å². The Hall–Kier alpha value is -1.28. The fraction of sp³-hybridized carbons (Fsp3) is 0.727. The van der Waals surface area contributed by atoms with Gasteiger partial charge in [-0.3, -0.25) is 0 Å². The average molecular weight is 859 g/mol. The first-order chi connectivity index (χ1) is 27.0. The predicted octanol–water partition coefficient (Wildman–Crippen LogP) is 12.1. The van der Waals surface area contributed by atoms with Crippen LogP contribution in [0.4, 0.5) is 22.7 Å². The Labute approximate surface area is 377 Å². The van der Waals surface area contributed by atoms with Crippen LogP contribution in [0, 0.1) is 0 Å². The van der Waals surface area contributed by atoms with Crippen LogP contribution in [0.5, 0.6) is 0 Å². The van der Waals surface area contributed by atoms with Crippen molar-refractivity contribution in [2.75, 3.05) is 21.3 Å². The van der Waals surface area contributed by atoms with E-state index < -0.39 is 20.2 Å². The maximum Gasteiger partial charge on any atom is 2.00 e. The molecule has 0 amide bonds. The van der Waals surface area contributed by atoms with Gasteiger partial charge in [0.1, 0.15) is 20.2 Å². The largest absolute Gasteiger partial charge is 2.00 e. The first-order valence-corrected chi connectivity index (χ1v) is 25.1. The molecular formula is C44H74CaN4O6S2. The quantitative estimate of drug-likeness (QED) is 0.0338. The molecule has 0 saturated carbocycles. The summed E-state index contributed by atoms with van der Waals surface area (Å²) < 4.78 is 66.7. The standard InChI is InChI=1S/2C22H38N2O3S.Ca/c2*1-2-3-4-5-6-7-8-9-10-11-12-13-14-15-22-23-20-17-16-19(28(25,26)27)18-21(20)24-22;/h2*16-18,22-24H,2-15H2,1H3,(H,25,26,27);/q;;+2/p-2. The maximum absolute atomic E-state index is 11.1. The van der Waals surface area contributed by atoms with Crippen molar-refractivity contribution in [1.82, 2.24) is 0 Å². The number of anilines is 4. The molecule has 2 aromatic carbocycles. The van der Waals surface area contributed by atoms with Crippen LogP contribution in [-0.2, 0) is 20.2 Å². The number of hydrogen-bond acceptors (Lipinski definition) is 10. The molecule has 0 spiro atoms. The van der Waals surface area contributed by atoms with Gasteiger partial charge in [-0.25, -0.2) is 16.8 Å². The van der Waals surface area contributed by atoms with E-state index in [-0.39, 0.29) is 59.9 Å². The molecule has 0 aliphatic carbocycles. The zero-order valence-corrected chi connectivity index (χ0v) is 39.2. The summed E-state index contributed by atoms with van der Waals surface area (Å²) in [6.07, 6.45) is 37.1. The van der Waals surface area contributed by atoms with Gasteiger partial charge in [0.05, 0.1) is 44.9 Å². The molecule has 320 valence electrons. The van der Waals surface area contributed by atoms with Gasteiger partial charge in [-0.1, -0.05) is 168 Å². The van der Waals surface area contributed by atoms with E-state index in [2.05, 4.69) is 35.1 Å². The van der Waals surface area contributed by atoms with Crippen LogP contribution in [0.3, 0.4) is 0 Å². The van der Waals surface area contributed by atoms with E-state index in [1.54, 1.807) is 12.1 Å². The molecule has 2 heterocycles. The number of benzene rings is 2. The van der Waals surface area contributed by atoms with E-state index in [4.69, 9.17) is 0 Å². The Morgan fingerprint density at radius 3 is 0.912 bits per heavy atom. The fourth-order valence-corrected chi connectivity index (χ4v) is 8.69. The summed E-state index contributed by atoms with van der Waals surface area (Å²) in [4.78, 5) is -0.357. The summed E-state index contributed by atoms with van der Waals surface area (Å²) in [5.41, 5.74) is 3.15. The van der Waals surface area contributed by atoms with Gasteiger partial charge < -0.3 is 30.4 Å². The molecule has 10 nitrogen and oxygen atoms in total. The number of unbranched alkanes of at least 4 members (excludes halogenated alkanes) is 24. The third-order valence-corrected chi connectivity index (χ3v) is 12.7. The van der Waals surface area contributed by atoms with Crippen LogP contribution in [0.2, 0.25) is 0 Å². The molecule has 2 aliphatic rings. The molecule has 13 heteroatoms. The number of fused-ring (bicyclic) bond motifs is 2. The molecule has 0 bridgehead atoms. The zero-order valence-electron chi connectivity index (χ0n) is 35.4. The second-order valence-electron chi connectivity index (χ2n) is 16.1. The van der Waals surface area contributed by atoms with Crippen molar-refractivity contribution < 1.29 is 25.9 Å². The normalized spacial score (nSPS) is 15.6. The third-order valence-electron chi connectivity index (χ3n) is 11.1. The van der Waals surface area contributed by atoms with Gasteiger partial charge in [0, 0.05) is 0 Å². The molecule has 0 saturated heterocycles. The SMILES string of the molecule is CCCCCCCCCCCCCCCC1Nc2ccc(S(=O)(=O)[O-])cc2N1.CCCCCCCCCCCCCCCC1Nc2ccc(S(=O)(=O)[O-])cc2N1.[Ca+2]. The van der Waals surface area contributed by atoms with Crippen LogP contribution >= 0.6 is 0 Å². The minimum absolute atomic E-state index is 0. The molecule has 2 aromatic rings. The number of hydrogen-bond donors (Lipinski definition) is 4. The monoisotopic (exact) mass is 858 g/mol. The topological polar surface area (TPSA) is 163 Å². The summed E-state index contributed by atoms with van der Waals surface area (Å²) >= 11 is 0. The Morgan fingerprint density at radius 2 is 0.649 bits per heavy atom. The van der Waals surface area contributed by atoms with Gasteiger partial charge in [-0.05, 0) is 62.1 Å². The van der Waals surface area contributed by atoms with E-state index in [1.807, 2.05) is 0 Å². The molecule has 0 aromatic heterocycles. The predicted molar refractivity (Wildman–Crippen MR) is 237 cm³/mol. The minimum Gasteiger partial charge on any atom is -0.744 e. The Bertz CT molecular complexity index is 1480. The average Bonchev–Trinajstić information content (AvgIpc) is 3.77. The first kappa shape index (κ1) is 51.9. The third kappa shape index (κ3) is 22.2. The van der Waals surface area contributed by atoms with E-state index in [0.29, 0.717) is 11.4 Å². The van der Waals surface area contributed by atoms with Crippen molar-refractivity contribution >= 4 is 80.7 Å². The van der Waals surface area contributed by atoms with Crippen LogP contribution in [0.25, 0.3) is 0 Å². The minimum atomic E-state index is -4.40. The van der Waals surface area contributed by atoms with Gasteiger partial charge in [0.25, 0.3) is 0 Å². The Balaban J connectivity index is 0.000000387. The van der Waals surface area contributed by atoms with Crippen molar-refractivity contribution in [3.8, 4) is 0 Å². The van der Waals surface area contributed by atoms with Gasteiger partial charge in [-0.15, -0.1) is 0 Å². The fourth-order valence-electron chi connectivity index (χ4n) is 7.69. The summed E-state index contributed by atoms with van der Waals surface area (Å²) in [6.45, 7) is 4.53. The summed E-state index contributed by atoms with van der Waals surface area (Å²) in [5.74, 6) is 0. The maximum atomic E-state index is 11.1. The summed E-state index contributed by atoms with van der Waals surface area (Å²) in [6, 6.07) is 8.91. The second kappa shape index (κ2) is 29.9. The molecule has 2 atom stereocenters. The molecule has 0 fully saturated rings. The van der Waals surface area contributed by atoms with Crippen LogP contribution in [0.1, 0.15) is 194 Å². The van der Waals surface area contributed by atoms with Crippen molar-refractivity contribution in [3.05, 3.63) is 36.4 Å². The van der Waals surface area contributed by atoms with Crippen LogP contribution < -0.4 is 21.3 Å². The first-order valence-electron chi connectivity index (χ1n) is 22.3.